The lowest BCUT2D eigenvalue weighted by Crippen LogP contribution is -2.43. The van der Waals surface area contributed by atoms with Gasteiger partial charge in [-0.25, -0.2) is 4.79 Å². The molecule has 0 spiro atoms. The molecule has 0 aromatic rings. The molecule has 0 rings (SSSR count). The highest BCUT2D eigenvalue weighted by Gasteiger charge is 2.23. The van der Waals surface area contributed by atoms with Crippen LogP contribution in [0.4, 0.5) is 4.79 Å². The van der Waals surface area contributed by atoms with E-state index in [2.05, 4.69) is 0 Å². The third-order valence-electron chi connectivity index (χ3n) is 2.39. The van der Waals surface area contributed by atoms with E-state index in [1.807, 2.05) is 53.7 Å². The molecule has 0 bridgehead atoms. The normalized spacial score (nSPS) is 13.5. The fraction of sp³-hybridized carbons (Fsp3) is 0.769. The van der Waals surface area contributed by atoms with Crippen molar-refractivity contribution in [3.63, 3.8) is 0 Å². The zero-order valence-electron chi connectivity index (χ0n) is 11.4. The first-order chi connectivity index (χ1) is 7.43. The van der Waals surface area contributed by atoms with E-state index in [0.717, 1.165) is 6.42 Å². The van der Waals surface area contributed by atoms with Gasteiger partial charge in [0.25, 0.3) is 0 Å². The summed E-state index contributed by atoms with van der Waals surface area (Å²) >= 11 is 0. The van der Waals surface area contributed by atoms with Crippen molar-refractivity contribution in [2.45, 2.75) is 66.2 Å². The first-order valence-corrected chi connectivity index (χ1v) is 6.05. The Kier molecular flexibility index (Phi) is 6.86. The van der Waals surface area contributed by atoms with Gasteiger partial charge < -0.3 is 9.64 Å². The number of carbonyl (C=O) groups excluding carboxylic acids is 1. The topological polar surface area (TPSA) is 29.5 Å². The van der Waals surface area contributed by atoms with Crippen LogP contribution in [0.3, 0.4) is 0 Å². The molecule has 94 valence electrons. The fourth-order valence-corrected chi connectivity index (χ4v) is 1.68. The monoisotopic (exact) mass is 227 g/mol. The first-order valence-electron chi connectivity index (χ1n) is 6.05. The molecule has 0 aliphatic heterocycles. The lowest BCUT2D eigenvalue weighted by molar-refractivity contribution is 0.0591. The summed E-state index contributed by atoms with van der Waals surface area (Å²) in [5.74, 6) is 0. The second-order valence-corrected chi connectivity index (χ2v) is 4.45. The van der Waals surface area contributed by atoms with Crippen molar-refractivity contribution >= 4 is 6.09 Å². The van der Waals surface area contributed by atoms with Crippen LogP contribution >= 0.6 is 0 Å². The van der Waals surface area contributed by atoms with Gasteiger partial charge in [0.2, 0.25) is 0 Å². The van der Waals surface area contributed by atoms with Crippen LogP contribution in [0, 0.1) is 0 Å². The van der Waals surface area contributed by atoms with Gasteiger partial charge in [0.05, 0.1) is 0 Å². The average Bonchev–Trinajstić information content (AvgIpc) is 2.15. The number of nitrogens with zero attached hydrogens (tertiary/aromatic N) is 1. The molecule has 0 aliphatic rings. The maximum atomic E-state index is 11.9. The molecule has 0 fully saturated rings. The zero-order valence-corrected chi connectivity index (χ0v) is 11.4. The molecular weight excluding hydrogens is 202 g/mol. The molecule has 3 nitrogen and oxygen atoms in total. The highest BCUT2D eigenvalue weighted by atomic mass is 16.6. The maximum absolute atomic E-state index is 11.9. The minimum Gasteiger partial charge on any atom is -0.442 e. The summed E-state index contributed by atoms with van der Waals surface area (Å²) in [7, 11) is 0. The van der Waals surface area contributed by atoms with Crippen molar-refractivity contribution in [2.24, 2.45) is 0 Å². The van der Waals surface area contributed by atoms with Gasteiger partial charge in [-0.15, -0.1) is 0 Å². The molecule has 1 amide bonds. The SMILES string of the molecule is C/C=C/[C@H](CC)OC(=O)N(C(C)C)C(C)C. The van der Waals surface area contributed by atoms with E-state index in [4.69, 9.17) is 4.74 Å². The highest BCUT2D eigenvalue weighted by Crippen LogP contribution is 2.10. The minimum atomic E-state index is -0.227. The minimum absolute atomic E-state index is 0.113. The number of amides is 1. The lowest BCUT2D eigenvalue weighted by Gasteiger charge is -2.30. The number of ether oxygens (including phenoxy) is 1. The molecular formula is C13H25NO2. The average molecular weight is 227 g/mol. The molecule has 0 radical (unpaired) electrons. The molecule has 0 saturated carbocycles. The summed E-state index contributed by atoms with van der Waals surface area (Å²) < 4.78 is 5.43. The van der Waals surface area contributed by atoms with E-state index in [-0.39, 0.29) is 24.3 Å². The first kappa shape index (κ1) is 15.0. The molecule has 0 unspecified atom stereocenters. The lowest BCUT2D eigenvalue weighted by atomic mass is 10.2. The molecule has 0 heterocycles. The standard InChI is InChI=1S/C13H25NO2/c1-7-9-12(8-2)16-13(15)14(10(3)4)11(5)6/h7,9-12H,8H2,1-6H3/b9-7+/t12-/m0/s1. The number of rotatable bonds is 5. The predicted molar refractivity (Wildman–Crippen MR) is 67.5 cm³/mol. The van der Waals surface area contributed by atoms with E-state index >= 15 is 0 Å². The van der Waals surface area contributed by atoms with Crippen molar-refractivity contribution in [1.82, 2.24) is 4.90 Å². The summed E-state index contributed by atoms with van der Waals surface area (Å²) in [6, 6.07) is 0.325. The van der Waals surface area contributed by atoms with E-state index < -0.39 is 0 Å². The summed E-state index contributed by atoms with van der Waals surface area (Å²) in [6.07, 6.45) is 4.29. The van der Waals surface area contributed by atoms with Crippen LogP contribution in [0.15, 0.2) is 12.2 Å². The van der Waals surface area contributed by atoms with Gasteiger partial charge in [-0.05, 0) is 47.1 Å². The number of hydrogen-bond acceptors (Lipinski definition) is 2. The van der Waals surface area contributed by atoms with Crippen molar-refractivity contribution in [3.05, 3.63) is 12.2 Å². The molecule has 16 heavy (non-hydrogen) atoms. The second kappa shape index (κ2) is 7.31. The Morgan fingerprint density at radius 1 is 1.25 bits per heavy atom. The number of hydrogen-bond donors (Lipinski definition) is 0. The van der Waals surface area contributed by atoms with E-state index in [0.29, 0.717) is 0 Å². The molecule has 3 heteroatoms. The smallest absolute Gasteiger partial charge is 0.410 e. The second-order valence-electron chi connectivity index (χ2n) is 4.45. The Labute approximate surface area is 99.5 Å². The van der Waals surface area contributed by atoms with Crippen molar-refractivity contribution in [3.8, 4) is 0 Å². The Bertz CT molecular complexity index is 226. The van der Waals surface area contributed by atoms with Crippen molar-refractivity contribution < 1.29 is 9.53 Å². The van der Waals surface area contributed by atoms with Crippen LogP contribution in [-0.4, -0.2) is 29.2 Å². The Balaban J connectivity index is 4.51. The molecule has 0 N–H and O–H groups in total. The highest BCUT2D eigenvalue weighted by molar-refractivity contribution is 5.68. The van der Waals surface area contributed by atoms with Gasteiger partial charge in [0.15, 0.2) is 0 Å². The van der Waals surface area contributed by atoms with Crippen LogP contribution < -0.4 is 0 Å². The third kappa shape index (κ3) is 4.69. The molecule has 0 aromatic heterocycles. The van der Waals surface area contributed by atoms with Gasteiger partial charge in [0.1, 0.15) is 6.10 Å². The van der Waals surface area contributed by atoms with E-state index in [9.17, 15) is 4.79 Å². The van der Waals surface area contributed by atoms with Gasteiger partial charge in [-0.1, -0.05) is 13.0 Å². The predicted octanol–water partition coefficient (Wildman–Crippen LogP) is 3.60. The number of carbonyl (C=O) groups is 1. The van der Waals surface area contributed by atoms with Crippen LogP contribution in [0.2, 0.25) is 0 Å². The van der Waals surface area contributed by atoms with Gasteiger partial charge in [-0.2, -0.15) is 0 Å². The van der Waals surface area contributed by atoms with Gasteiger partial charge in [0, 0.05) is 12.1 Å². The van der Waals surface area contributed by atoms with Gasteiger partial charge >= 0.3 is 6.09 Å². The van der Waals surface area contributed by atoms with Crippen molar-refractivity contribution in [2.75, 3.05) is 0 Å². The molecule has 0 saturated heterocycles. The Morgan fingerprint density at radius 2 is 1.75 bits per heavy atom. The van der Waals surface area contributed by atoms with Gasteiger partial charge in [-0.3, -0.25) is 0 Å². The molecule has 0 aromatic carbocycles. The Morgan fingerprint density at radius 3 is 2.06 bits per heavy atom. The largest absolute Gasteiger partial charge is 0.442 e. The fourth-order valence-electron chi connectivity index (χ4n) is 1.68. The summed E-state index contributed by atoms with van der Waals surface area (Å²) in [6.45, 7) is 11.9. The number of allylic oxidation sites excluding steroid dienone is 1. The summed E-state index contributed by atoms with van der Waals surface area (Å²) in [5, 5.41) is 0. The van der Waals surface area contributed by atoms with E-state index in [1.54, 1.807) is 4.90 Å². The Hall–Kier alpha value is -0.990. The molecule has 0 aliphatic carbocycles. The zero-order chi connectivity index (χ0) is 12.7. The quantitative estimate of drug-likeness (QED) is 0.672. The van der Waals surface area contributed by atoms with E-state index in [1.165, 1.54) is 0 Å². The maximum Gasteiger partial charge on any atom is 0.410 e. The molecule has 1 atom stereocenters. The van der Waals surface area contributed by atoms with Crippen molar-refractivity contribution in [1.29, 1.82) is 0 Å². The van der Waals surface area contributed by atoms with Crippen LogP contribution in [0.1, 0.15) is 48.0 Å². The summed E-state index contributed by atoms with van der Waals surface area (Å²) in [4.78, 5) is 13.7. The third-order valence-corrected chi connectivity index (χ3v) is 2.39. The van der Waals surface area contributed by atoms with Crippen LogP contribution in [0.25, 0.3) is 0 Å². The van der Waals surface area contributed by atoms with Crippen LogP contribution in [-0.2, 0) is 4.74 Å². The summed E-state index contributed by atoms with van der Waals surface area (Å²) in [5.41, 5.74) is 0. The van der Waals surface area contributed by atoms with Crippen LogP contribution in [0.5, 0.6) is 0 Å².